The van der Waals surface area contributed by atoms with Gasteiger partial charge < -0.3 is 27.9 Å². The van der Waals surface area contributed by atoms with Crippen LogP contribution in [0.1, 0.15) is 110 Å². The SMILES string of the molecule is CC/C=C\C/C=C\C/C=C\C/C=C\C/C=C\CC(=O)OC(COCCCCCCCCCCC)COP(=O)([O-])OCC[N+](C)(C)C. The third kappa shape index (κ3) is 33.6. The summed E-state index contributed by atoms with van der Waals surface area (Å²) in [5.74, 6) is -0.464. The number of nitrogens with zero attached hydrogens (tertiary/aromatic N) is 1. The van der Waals surface area contributed by atoms with Gasteiger partial charge in [0.2, 0.25) is 0 Å². The molecule has 2 atom stereocenters. The molecule has 0 aliphatic rings. The van der Waals surface area contributed by atoms with Crippen LogP contribution in [0.3, 0.4) is 0 Å². The number of carbonyl (C=O) groups is 1. The fraction of sp³-hybridized carbons (Fsp3) is 0.703. The molecule has 0 N–H and O–H groups in total. The Bertz CT molecular complexity index is 921. The largest absolute Gasteiger partial charge is 0.756 e. The molecule has 0 aromatic heterocycles. The van der Waals surface area contributed by atoms with Crippen molar-refractivity contribution in [2.45, 2.75) is 116 Å². The Balaban J connectivity index is 4.52. The number of carbonyl (C=O) groups excluding carboxylic acids is 1. The highest BCUT2D eigenvalue weighted by molar-refractivity contribution is 7.45. The Hall–Kier alpha value is -1.80. The zero-order chi connectivity index (χ0) is 34.2. The maximum atomic E-state index is 12.5. The minimum Gasteiger partial charge on any atom is -0.756 e. The van der Waals surface area contributed by atoms with E-state index < -0.39 is 19.9 Å². The Morgan fingerprint density at radius 1 is 0.674 bits per heavy atom. The quantitative estimate of drug-likeness (QED) is 0.0240. The molecule has 0 aromatic rings. The van der Waals surface area contributed by atoms with E-state index in [0.29, 0.717) is 24.1 Å². The Labute approximate surface area is 281 Å². The van der Waals surface area contributed by atoms with Crippen LogP contribution in [0, 0.1) is 0 Å². The number of phosphoric ester groups is 1. The van der Waals surface area contributed by atoms with Gasteiger partial charge in [0.05, 0.1) is 40.8 Å². The molecule has 46 heavy (non-hydrogen) atoms. The van der Waals surface area contributed by atoms with Crippen molar-refractivity contribution in [3.05, 3.63) is 60.8 Å². The molecule has 0 amide bonds. The number of likely N-dealkylation sites (N-methyl/N-ethyl adjacent to an activating group) is 1. The number of unbranched alkanes of at least 4 members (excludes halogenated alkanes) is 8. The van der Waals surface area contributed by atoms with Crippen LogP contribution in [-0.4, -0.2) is 70.7 Å². The van der Waals surface area contributed by atoms with E-state index >= 15 is 0 Å². The Morgan fingerprint density at radius 3 is 1.70 bits per heavy atom. The molecule has 0 rings (SSSR count). The first-order valence-electron chi connectivity index (χ1n) is 17.5. The average Bonchev–Trinajstić information content (AvgIpc) is 2.99. The van der Waals surface area contributed by atoms with Crippen molar-refractivity contribution in [3.8, 4) is 0 Å². The predicted octanol–water partition coefficient (Wildman–Crippen LogP) is 8.79. The van der Waals surface area contributed by atoms with Gasteiger partial charge in [-0.3, -0.25) is 9.36 Å². The summed E-state index contributed by atoms with van der Waals surface area (Å²) >= 11 is 0. The van der Waals surface area contributed by atoms with Gasteiger partial charge in [-0.2, -0.15) is 0 Å². The first-order valence-corrected chi connectivity index (χ1v) is 19.0. The van der Waals surface area contributed by atoms with E-state index in [-0.39, 0.29) is 26.2 Å². The lowest BCUT2D eigenvalue weighted by Crippen LogP contribution is -2.37. The first kappa shape index (κ1) is 44.2. The van der Waals surface area contributed by atoms with Crippen LogP contribution in [0.15, 0.2) is 60.8 Å². The van der Waals surface area contributed by atoms with Crippen molar-refractivity contribution in [2.75, 3.05) is 54.1 Å². The minimum atomic E-state index is -4.54. The summed E-state index contributed by atoms with van der Waals surface area (Å²) in [6, 6.07) is 0. The van der Waals surface area contributed by atoms with Crippen molar-refractivity contribution < 1.29 is 37.3 Å². The molecule has 0 aliphatic heterocycles. The molecule has 0 saturated carbocycles. The maximum Gasteiger partial charge on any atom is 0.310 e. The number of quaternary nitrogens is 1. The second kappa shape index (κ2) is 30.5. The van der Waals surface area contributed by atoms with Crippen molar-refractivity contribution in [1.82, 2.24) is 0 Å². The molecule has 0 aromatic carbocycles. The van der Waals surface area contributed by atoms with Crippen LogP contribution in [-0.2, 0) is 27.9 Å². The average molecular weight is 668 g/mol. The molecule has 0 heterocycles. The zero-order valence-corrected chi connectivity index (χ0v) is 30.6. The number of allylic oxidation sites excluding steroid dienone is 9. The van der Waals surface area contributed by atoms with Crippen molar-refractivity contribution in [2.24, 2.45) is 0 Å². The van der Waals surface area contributed by atoms with Crippen molar-refractivity contribution in [1.29, 1.82) is 0 Å². The number of hydrogen-bond donors (Lipinski definition) is 0. The van der Waals surface area contributed by atoms with Gasteiger partial charge in [-0.25, -0.2) is 0 Å². The van der Waals surface area contributed by atoms with Crippen LogP contribution in [0.5, 0.6) is 0 Å². The van der Waals surface area contributed by atoms with Crippen LogP contribution < -0.4 is 4.89 Å². The topological polar surface area (TPSA) is 94.1 Å². The third-order valence-electron chi connectivity index (χ3n) is 6.87. The number of esters is 1. The maximum absolute atomic E-state index is 12.5. The van der Waals surface area contributed by atoms with Crippen LogP contribution in [0.2, 0.25) is 0 Å². The lowest BCUT2D eigenvalue weighted by atomic mass is 10.1. The molecular weight excluding hydrogens is 601 g/mol. The molecule has 0 aliphatic carbocycles. The highest BCUT2D eigenvalue weighted by Crippen LogP contribution is 2.38. The van der Waals surface area contributed by atoms with E-state index in [2.05, 4.69) is 62.5 Å². The first-order chi connectivity index (χ1) is 22.1. The number of hydrogen-bond acceptors (Lipinski definition) is 7. The van der Waals surface area contributed by atoms with Crippen LogP contribution >= 0.6 is 7.82 Å². The fourth-order valence-electron chi connectivity index (χ4n) is 4.15. The lowest BCUT2D eigenvalue weighted by molar-refractivity contribution is -0.870. The molecule has 9 heteroatoms. The van der Waals surface area contributed by atoms with Gasteiger partial charge in [-0.1, -0.05) is 126 Å². The van der Waals surface area contributed by atoms with Gasteiger partial charge in [0.15, 0.2) is 0 Å². The Kier molecular flexibility index (Phi) is 29.3. The van der Waals surface area contributed by atoms with E-state index in [1.54, 1.807) is 6.08 Å². The number of phosphoric acid groups is 1. The smallest absolute Gasteiger partial charge is 0.310 e. The van der Waals surface area contributed by atoms with E-state index in [1.807, 2.05) is 27.2 Å². The van der Waals surface area contributed by atoms with Gasteiger partial charge in [-0.15, -0.1) is 0 Å². The second-order valence-electron chi connectivity index (χ2n) is 12.5. The highest BCUT2D eigenvalue weighted by Gasteiger charge is 2.20. The monoisotopic (exact) mass is 667 g/mol. The summed E-state index contributed by atoms with van der Waals surface area (Å²) in [6.07, 6.45) is 35.5. The molecule has 0 bridgehead atoms. The molecule has 0 radical (unpaired) electrons. The molecule has 0 saturated heterocycles. The van der Waals surface area contributed by atoms with Gasteiger partial charge in [0.25, 0.3) is 7.82 Å². The summed E-state index contributed by atoms with van der Waals surface area (Å²) < 4.78 is 34.1. The summed E-state index contributed by atoms with van der Waals surface area (Å²) in [4.78, 5) is 24.8. The summed E-state index contributed by atoms with van der Waals surface area (Å²) in [7, 11) is 1.29. The van der Waals surface area contributed by atoms with E-state index in [1.165, 1.54) is 44.9 Å². The molecular formula is C37H66NO7P. The minimum absolute atomic E-state index is 0.00785. The predicted molar refractivity (Wildman–Crippen MR) is 189 cm³/mol. The standard InChI is InChI=1S/C37H66NO7P/c1-6-8-10-12-14-16-17-18-19-20-21-22-24-26-28-30-37(39)45-36(35-44-46(40,41)43-33-31-38(3,4)5)34-42-32-29-27-25-23-15-13-11-9-7-2/h8,10,14,16,18-19,21-22,26,28,36H,6-7,9,11-13,15,17,20,23-25,27,29-35H2,1-5H3/b10-8-,16-14-,19-18-,22-21-,28-26-. The third-order valence-corrected chi connectivity index (χ3v) is 7.83. The molecule has 2 unspecified atom stereocenters. The molecule has 0 fully saturated rings. The fourth-order valence-corrected chi connectivity index (χ4v) is 4.88. The zero-order valence-electron chi connectivity index (χ0n) is 29.7. The summed E-state index contributed by atoms with van der Waals surface area (Å²) in [6.45, 7) is 5.11. The van der Waals surface area contributed by atoms with Crippen molar-refractivity contribution in [3.63, 3.8) is 0 Å². The lowest BCUT2D eigenvalue weighted by Gasteiger charge is -2.28. The second-order valence-corrected chi connectivity index (χ2v) is 13.9. The Morgan fingerprint density at radius 2 is 1.17 bits per heavy atom. The molecule has 8 nitrogen and oxygen atoms in total. The molecule has 0 spiro atoms. The van der Waals surface area contributed by atoms with E-state index in [0.717, 1.165) is 38.5 Å². The van der Waals surface area contributed by atoms with Gasteiger partial charge in [-0.05, 0) is 38.5 Å². The normalized spacial score (nSPS) is 14.8. The van der Waals surface area contributed by atoms with E-state index in [4.69, 9.17) is 18.5 Å². The molecule has 266 valence electrons. The van der Waals surface area contributed by atoms with Crippen molar-refractivity contribution >= 4 is 13.8 Å². The van der Waals surface area contributed by atoms with Crippen LogP contribution in [0.4, 0.5) is 0 Å². The van der Waals surface area contributed by atoms with Gasteiger partial charge in [0.1, 0.15) is 19.3 Å². The summed E-state index contributed by atoms with van der Waals surface area (Å²) in [5.41, 5.74) is 0. The number of rotatable bonds is 31. The summed E-state index contributed by atoms with van der Waals surface area (Å²) in [5, 5.41) is 0. The van der Waals surface area contributed by atoms with Gasteiger partial charge in [0, 0.05) is 6.61 Å². The number of ether oxygens (including phenoxy) is 2. The van der Waals surface area contributed by atoms with Crippen LogP contribution in [0.25, 0.3) is 0 Å². The highest BCUT2D eigenvalue weighted by atomic mass is 31.2. The van der Waals surface area contributed by atoms with E-state index in [9.17, 15) is 14.3 Å². The van der Waals surface area contributed by atoms with Gasteiger partial charge >= 0.3 is 5.97 Å².